The van der Waals surface area contributed by atoms with Crippen molar-refractivity contribution in [1.82, 2.24) is 14.1 Å². The molecule has 2 aromatic rings. The summed E-state index contributed by atoms with van der Waals surface area (Å²) >= 11 is 0. The molecule has 0 fully saturated rings. The Morgan fingerprint density at radius 1 is 1.42 bits per heavy atom. The summed E-state index contributed by atoms with van der Waals surface area (Å²) in [5.41, 5.74) is 10.4. The van der Waals surface area contributed by atoms with E-state index < -0.39 is 0 Å². The quantitative estimate of drug-likeness (QED) is 0.915. The Labute approximate surface area is 114 Å². The van der Waals surface area contributed by atoms with Crippen LogP contribution in [0.4, 0.5) is 0 Å². The lowest BCUT2D eigenvalue weighted by Crippen LogP contribution is -2.18. The molecule has 2 N–H and O–H groups in total. The van der Waals surface area contributed by atoms with Crippen molar-refractivity contribution in [3.05, 3.63) is 41.7 Å². The zero-order valence-electron chi connectivity index (χ0n) is 11.5. The van der Waals surface area contributed by atoms with Crippen molar-refractivity contribution in [3.8, 4) is 0 Å². The Morgan fingerprint density at radius 2 is 2.32 bits per heavy atom. The minimum absolute atomic E-state index is 0.248. The minimum Gasteiger partial charge on any atom is -0.348 e. The molecule has 1 aliphatic carbocycles. The van der Waals surface area contributed by atoms with Gasteiger partial charge in [0.2, 0.25) is 0 Å². The van der Waals surface area contributed by atoms with Crippen molar-refractivity contribution < 1.29 is 0 Å². The van der Waals surface area contributed by atoms with Crippen molar-refractivity contribution in [2.24, 2.45) is 5.73 Å². The molecular formula is C15H22N4. The zero-order chi connectivity index (χ0) is 13.2. The van der Waals surface area contributed by atoms with Gasteiger partial charge in [-0.15, -0.1) is 0 Å². The fourth-order valence-corrected chi connectivity index (χ4v) is 3.14. The maximum atomic E-state index is 6.21. The van der Waals surface area contributed by atoms with E-state index >= 15 is 0 Å². The number of nitrogens with zero attached hydrogens (tertiary/aromatic N) is 3. The van der Waals surface area contributed by atoms with Crippen molar-refractivity contribution in [2.75, 3.05) is 0 Å². The standard InChI is InChI=1S/C15H22N4/c1-12-10-13-14(16)4-2-5-15(13)19(12)8-3-7-18-9-6-17-11-18/h6,9-11,14H,2-5,7-8,16H2,1H3. The van der Waals surface area contributed by atoms with Crippen LogP contribution in [-0.4, -0.2) is 14.1 Å². The number of hydrogen-bond acceptors (Lipinski definition) is 2. The molecule has 19 heavy (non-hydrogen) atoms. The number of imidazole rings is 1. The highest BCUT2D eigenvalue weighted by molar-refractivity contribution is 5.32. The van der Waals surface area contributed by atoms with Gasteiger partial charge in [-0.05, 0) is 44.2 Å². The Morgan fingerprint density at radius 3 is 3.11 bits per heavy atom. The van der Waals surface area contributed by atoms with Gasteiger partial charge in [-0.2, -0.15) is 0 Å². The van der Waals surface area contributed by atoms with Gasteiger partial charge in [0, 0.05) is 42.9 Å². The largest absolute Gasteiger partial charge is 0.348 e. The molecule has 2 heterocycles. The first-order valence-electron chi connectivity index (χ1n) is 7.16. The summed E-state index contributed by atoms with van der Waals surface area (Å²) in [6, 6.07) is 2.54. The van der Waals surface area contributed by atoms with Gasteiger partial charge in [-0.3, -0.25) is 0 Å². The van der Waals surface area contributed by atoms with Crippen LogP contribution in [0.25, 0.3) is 0 Å². The van der Waals surface area contributed by atoms with Crippen molar-refractivity contribution in [1.29, 1.82) is 0 Å². The molecule has 1 atom stereocenters. The second kappa shape index (κ2) is 5.21. The molecule has 0 bridgehead atoms. The van der Waals surface area contributed by atoms with Crippen LogP contribution >= 0.6 is 0 Å². The fraction of sp³-hybridized carbons (Fsp3) is 0.533. The molecule has 4 heteroatoms. The first-order valence-corrected chi connectivity index (χ1v) is 7.16. The second-order valence-electron chi connectivity index (χ2n) is 5.49. The van der Waals surface area contributed by atoms with Crippen LogP contribution in [0.15, 0.2) is 24.8 Å². The lowest BCUT2D eigenvalue weighted by molar-refractivity contribution is 0.510. The number of aromatic nitrogens is 3. The molecule has 0 aliphatic heterocycles. The van der Waals surface area contributed by atoms with Crippen LogP contribution in [0, 0.1) is 6.92 Å². The van der Waals surface area contributed by atoms with E-state index in [2.05, 4.69) is 27.1 Å². The smallest absolute Gasteiger partial charge is 0.0945 e. The van der Waals surface area contributed by atoms with E-state index in [4.69, 9.17) is 5.73 Å². The zero-order valence-corrected chi connectivity index (χ0v) is 11.5. The summed E-state index contributed by atoms with van der Waals surface area (Å²) in [4.78, 5) is 4.08. The summed E-state index contributed by atoms with van der Waals surface area (Å²) in [5.74, 6) is 0. The summed E-state index contributed by atoms with van der Waals surface area (Å²) in [6.45, 7) is 4.30. The Kier molecular flexibility index (Phi) is 3.42. The molecule has 0 aromatic carbocycles. The summed E-state index contributed by atoms with van der Waals surface area (Å²) < 4.78 is 4.60. The fourth-order valence-electron chi connectivity index (χ4n) is 3.14. The Balaban J connectivity index is 1.70. The number of nitrogens with two attached hydrogens (primary N) is 1. The van der Waals surface area contributed by atoms with Gasteiger partial charge >= 0.3 is 0 Å². The third-order valence-electron chi connectivity index (χ3n) is 4.13. The number of rotatable bonds is 4. The van der Waals surface area contributed by atoms with Gasteiger partial charge in [0.15, 0.2) is 0 Å². The average molecular weight is 258 g/mol. The van der Waals surface area contributed by atoms with Crippen molar-refractivity contribution >= 4 is 0 Å². The Bertz CT molecular complexity index is 539. The van der Waals surface area contributed by atoms with Gasteiger partial charge in [-0.1, -0.05) is 0 Å². The van der Waals surface area contributed by atoms with Crippen LogP contribution in [0.2, 0.25) is 0 Å². The summed E-state index contributed by atoms with van der Waals surface area (Å²) in [7, 11) is 0. The number of fused-ring (bicyclic) bond motifs is 1. The molecule has 0 radical (unpaired) electrons. The van der Waals surface area contributed by atoms with E-state index in [-0.39, 0.29) is 6.04 Å². The SMILES string of the molecule is Cc1cc2c(n1CCCn1ccnc1)CCCC2N. The molecular weight excluding hydrogens is 236 g/mol. The van der Waals surface area contributed by atoms with Crippen LogP contribution < -0.4 is 5.73 Å². The normalized spacial score (nSPS) is 18.5. The molecule has 0 spiro atoms. The van der Waals surface area contributed by atoms with Gasteiger partial charge in [0.1, 0.15) is 0 Å². The first-order chi connectivity index (χ1) is 9.25. The monoisotopic (exact) mass is 258 g/mol. The number of aryl methyl sites for hydroxylation is 2. The third kappa shape index (κ3) is 2.45. The van der Waals surface area contributed by atoms with Crippen LogP contribution in [-0.2, 0) is 19.5 Å². The van der Waals surface area contributed by atoms with Crippen molar-refractivity contribution in [2.45, 2.75) is 51.7 Å². The topological polar surface area (TPSA) is 48.8 Å². The maximum absolute atomic E-state index is 6.21. The second-order valence-corrected chi connectivity index (χ2v) is 5.49. The molecule has 1 aliphatic rings. The predicted octanol–water partition coefficient (Wildman–Crippen LogP) is 2.42. The molecule has 0 saturated heterocycles. The Hall–Kier alpha value is -1.55. The van der Waals surface area contributed by atoms with E-state index in [0.717, 1.165) is 25.9 Å². The predicted molar refractivity (Wildman–Crippen MR) is 75.9 cm³/mol. The molecule has 2 aromatic heterocycles. The molecule has 0 amide bonds. The molecule has 1 unspecified atom stereocenters. The van der Waals surface area contributed by atoms with E-state index in [0.29, 0.717) is 0 Å². The van der Waals surface area contributed by atoms with Crippen LogP contribution in [0.1, 0.15) is 42.3 Å². The molecule has 4 nitrogen and oxygen atoms in total. The minimum atomic E-state index is 0.248. The maximum Gasteiger partial charge on any atom is 0.0945 e. The highest BCUT2D eigenvalue weighted by Crippen LogP contribution is 2.30. The van der Waals surface area contributed by atoms with Crippen LogP contribution in [0.5, 0.6) is 0 Å². The number of hydrogen-bond donors (Lipinski definition) is 1. The molecule has 0 saturated carbocycles. The van der Waals surface area contributed by atoms with E-state index in [1.54, 1.807) is 0 Å². The lowest BCUT2D eigenvalue weighted by atomic mass is 9.93. The molecule has 102 valence electrons. The first kappa shape index (κ1) is 12.5. The highest BCUT2D eigenvalue weighted by atomic mass is 15.0. The average Bonchev–Trinajstić information content (AvgIpc) is 3.00. The van der Waals surface area contributed by atoms with Gasteiger partial charge in [0.25, 0.3) is 0 Å². The van der Waals surface area contributed by atoms with E-state index in [1.165, 1.54) is 29.8 Å². The van der Waals surface area contributed by atoms with Gasteiger partial charge < -0.3 is 14.9 Å². The van der Waals surface area contributed by atoms with Gasteiger partial charge in [-0.25, -0.2) is 4.98 Å². The lowest BCUT2D eigenvalue weighted by Gasteiger charge is -2.21. The van der Waals surface area contributed by atoms with E-state index in [9.17, 15) is 0 Å². The van der Waals surface area contributed by atoms with Crippen LogP contribution in [0.3, 0.4) is 0 Å². The van der Waals surface area contributed by atoms with E-state index in [1.807, 2.05) is 18.7 Å². The van der Waals surface area contributed by atoms with Crippen molar-refractivity contribution in [3.63, 3.8) is 0 Å². The molecule has 3 rings (SSSR count). The third-order valence-corrected chi connectivity index (χ3v) is 4.13. The highest BCUT2D eigenvalue weighted by Gasteiger charge is 2.21. The summed E-state index contributed by atoms with van der Waals surface area (Å²) in [5, 5.41) is 0. The van der Waals surface area contributed by atoms with Gasteiger partial charge in [0.05, 0.1) is 6.33 Å². The summed E-state index contributed by atoms with van der Waals surface area (Å²) in [6.07, 6.45) is 10.4.